The van der Waals surface area contributed by atoms with Crippen molar-refractivity contribution in [2.75, 3.05) is 30.9 Å². The minimum absolute atomic E-state index is 0.0501. The third-order valence-corrected chi connectivity index (χ3v) is 3.04. The highest BCUT2D eigenvalue weighted by Gasteiger charge is 2.09. The summed E-state index contributed by atoms with van der Waals surface area (Å²) in [5.41, 5.74) is 3.10. The van der Waals surface area contributed by atoms with Crippen molar-refractivity contribution < 1.29 is 4.79 Å². The van der Waals surface area contributed by atoms with Crippen LogP contribution in [0.3, 0.4) is 0 Å². The molecule has 0 aromatic heterocycles. The molecule has 1 amide bonds. The second kappa shape index (κ2) is 7.14. The number of rotatable bonds is 6. The third-order valence-electron chi connectivity index (χ3n) is 3.04. The molecule has 1 aromatic carbocycles. The quantitative estimate of drug-likeness (QED) is 0.828. The maximum Gasteiger partial charge on any atom is 0.225 e. The Balaban J connectivity index is 2.64. The molecule has 106 valence electrons. The van der Waals surface area contributed by atoms with Gasteiger partial charge in [-0.15, -0.1) is 0 Å². The molecular weight excluding hydrogens is 238 g/mol. The number of nitrogens with one attached hydrogen (secondary N) is 2. The minimum Gasteiger partial charge on any atom is -0.378 e. The highest BCUT2D eigenvalue weighted by atomic mass is 16.1. The number of anilines is 2. The first-order valence-corrected chi connectivity index (χ1v) is 6.75. The lowest BCUT2D eigenvalue weighted by Gasteiger charge is -2.16. The summed E-state index contributed by atoms with van der Waals surface area (Å²) in [6.07, 6.45) is 0.489. The summed E-state index contributed by atoms with van der Waals surface area (Å²) in [5.74, 6) is 0.0501. The topological polar surface area (TPSA) is 44.4 Å². The van der Waals surface area contributed by atoms with E-state index in [-0.39, 0.29) is 11.9 Å². The van der Waals surface area contributed by atoms with E-state index in [2.05, 4.69) is 16.7 Å². The molecular formula is C15H25N3O. The first kappa shape index (κ1) is 15.5. The van der Waals surface area contributed by atoms with E-state index >= 15 is 0 Å². The van der Waals surface area contributed by atoms with Gasteiger partial charge in [-0.3, -0.25) is 4.79 Å². The van der Waals surface area contributed by atoms with Gasteiger partial charge >= 0.3 is 0 Å². The standard InChI is InChI=1S/C15H25N3O/c1-6-16-12(3)10-15(19)17-14-8-7-13(18(4)5)9-11(14)2/h7-9,12,16H,6,10H2,1-5H3,(H,17,19). The lowest BCUT2D eigenvalue weighted by molar-refractivity contribution is -0.116. The fraction of sp³-hybridized carbons (Fsp3) is 0.533. The zero-order valence-corrected chi connectivity index (χ0v) is 12.6. The predicted molar refractivity (Wildman–Crippen MR) is 81.9 cm³/mol. The van der Waals surface area contributed by atoms with Gasteiger partial charge in [0, 0.05) is 37.9 Å². The van der Waals surface area contributed by atoms with E-state index < -0.39 is 0 Å². The summed E-state index contributed by atoms with van der Waals surface area (Å²) >= 11 is 0. The predicted octanol–water partition coefficient (Wildman–Crippen LogP) is 2.39. The third kappa shape index (κ3) is 4.91. The maximum atomic E-state index is 11.9. The molecule has 0 spiro atoms. The summed E-state index contributed by atoms with van der Waals surface area (Å²) in [6, 6.07) is 6.24. The Labute approximate surface area is 116 Å². The molecule has 4 heteroatoms. The van der Waals surface area contributed by atoms with Crippen molar-refractivity contribution in [3.8, 4) is 0 Å². The largest absolute Gasteiger partial charge is 0.378 e. The van der Waals surface area contributed by atoms with Gasteiger partial charge in [-0.25, -0.2) is 0 Å². The molecule has 1 rings (SSSR count). The smallest absolute Gasteiger partial charge is 0.225 e. The van der Waals surface area contributed by atoms with Crippen molar-refractivity contribution in [3.05, 3.63) is 23.8 Å². The molecule has 2 N–H and O–H groups in total. The van der Waals surface area contributed by atoms with E-state index in [9.17, 15) is 4.79 Å². The highest BCUT2D eigenvalue weighted by molar-refractivity contribution is 5.92. The van der Waals surface area contributed by atoms with Crippen LogP contribution >= 0.6 is 0 Å². The average molecular weight is 263 g/mol. The molecule has 0 saturated carbocycles. The first-order valence-electron chi connectivity index (χ1n) is 6.75. The SMILES string of the molecule is CCNC(C)CC(=O)Nc1ccc(N(C)C)cc1C. The van der Waals surface area contributed by atoms with E-state index in [0.29, 0.717) is 6.42 Å². The normalized spacial score (nSPS) is 12.1. The number of carbonyl (C=O) groups excluding carboxylic acids is 1. The number of benzene rings is 1. The summed E-state index contributed by atoms with van der Waals surface area (Å²) in [7, 11) is 4.01. The van der Waals surface area contributed by atoms with Gasteiger partial charge in [0.05, 0.1) is 0 Å². The summed E-state index contributed by atoms with van der Waals surface area (Å²) in [6.45, 7) is 6.95. The molecule has 0 aliphatic heterocycles. The fourth-order valence-electron chi connectivity index (χ4n) is 1.97. The van der Waals surface area contributed by atoms with Crippen LogP contribution < -0.4 is 15.5 Å². The molecule has 4 nitrogen and oxygen atoms in total. The van der Waals surface area contributed by atoms with Crippen LogP contribution in [-0.4, -0.2) is 32.6 Å². The lowest BCUT2D eigenvalue weighted by atomic mass is 10.1. The first-order chi connectivity index (χ1) is 8.93. The molecule has 0 fully saturated rings. The Morgan fingerprint density at radius 1 is 1.37 bits per heavy atom. The minimum atomic E-state index is 0.0501. The van der Waals surface area contributed by atoms with Crippen molar-refractivity contribution in [2.45, 2.75) is 33.2 Å². The molecule has 0 aliphatic carbocycles. The number of nitrogens with zero attached hydrogens (tertiary/aromatic N) is 1. The second-order valence-corrected chi connectivity index (χ2v) is 5.10. The van der Waals surface area contributed by atoms with Gasteiger partial charge in [0.15, 0.2) is 0 Å². The van der Waals surface area contributed by atoms with Crippen LogP contribution in [0.15, 0.2) is 18.2 Å². The van der Waals surface area contributed by atoms with Crippen LogP contribution in [0.2, 0.25) is 0 Å². The van der Waals surface area contributed by atoms with E-state index in [0.717, 1.165) is 23.5 Å². The Morgan fingerprint density at radius 2 is 2.05 bits per heavy atom. The van der Waals surface area contributed by atoms with Crippen LogP contribution in [0, 0.1) is 6.92 Å². The molecule has 1 unspecified atom stereocenters. The fourth-order valence-corrected chi connectivity index (χ4v) is 1.97. The van der Waals surface area contributed by atoms with Crippen molar-refractivity contribution in [1.29, 1.82) is 0 Å². The van der Waals surface area contributed by atoms with Crippen LogP contribution in [-0.2, 0) is 4.79 Å². The van der Waals surface area contributed by atoms with Crippen LogP contribution in [0.5, 0.6) is 0 Å². The monoisotopic (exact) mass is 263 g/mol. The van der Waals surface area contributed by atoms with E-state index in [4.69, 9.17) is 0 Å². The molecule has 1 aromatic rings. The highest BCUT2D eigenvalue weighted by Crippen LogP contribution is 2.21. The Hall–Kier alpha value is -1.55. The van der Waals surface area contributed by atoms with Crippen LogP contribution in [0.1, 0.15) is 25.8 Å². The Morgan fingerprint density at radius 3 is 2.58 bits per heavy atom. The van der Waals surface area contributed by atoms with Crippen LogP contribution in [0.25, 0.3) is 0 Å². The zero-order valence-electron chi connectivity index (χ0n) is 12.6. The van der Waals surface area contributed by atoms with Gasteiger partial charge in [-0.1, -0.05) is 6.92 Å². The van der Waals surface area contributed by atoms with Crippen molar-refractivity contribution in [2.24, 2.45) is 0 Å². The zero-order chi connectivity index (χ0) is 14.4. The molecule has 0 radical (unpaired) electrons. The Bertz CT molecular complexity index is 429. The van der Waals surface area contributed by atoms with E-state index in [1.165, 1.54) is 0 Å². The summed E-state index contributed by atoms with van der Waals surface area (Å²) in [5, 5.41) is 6.20. The van der Waals surface area contributed by atoms with Gasteiger partial charge in [0.2, 0.25) is 5.91 Å². The molecule has 0 heterocycles. The second-order valence-electron chi connectivity index (χ2n) is 5.10. The number of hydrogen-bond acceptors (Lipinski definition) is 3. The van der Waals surface area contributed by atoms with Gasteiger partial charge in [-0.05, 0) is 44.2 Å². The van der Waals surface area contributed by atoms with Crippen molar-refractivity contribution in [1.82, 2.24) is 5.32 Å². The number of carbonyl (C=O) groups is 1. The van der Waals surface area contributed by atoms with E-state index in [1.54, 1.807) is 0 Å². The summed E-state index contributed by atoms with van der Waals surface area (Å²) < 4.78 is 0. The average Bonchev–Trinajstić information content (AvgIpc) is 2.31. The Kier molecular flexibility index (Phi) is 5.83. The van der Waals surface area contributed by atoms with Crippen molar-refractivity contribution >= 4 is 17.3 Å². The summed E-state index contributed by atoms with van der Waals surface area (Å²) in [4.78, 5) is 14.0. The van der Waals surface area contributed by atoms with Gasteiger partial charge in [-0.2, -0.15) is 0 Å². The van der Waals surface area contributed by atoms with Gasteiger partial charge in [0.1, 0.15) is 0 Å². The molecule has 0 aliphatic rings. The van der Waals surface area contributed by atoms with Crippen molar-refractivity contribution in [3.63, 3.8) is 0 Å². The van der Waals surface area contributed by atoms with Gasteiger partial charge < -0.3 is 15.5 Å². The lowest BCUT2D eigenvalue weighted by Crippen LogP contribution is -2.30. The molecule has 0 saturated heterocycles. The van der Waals surface area contributed by atoms with Crippen LogP contribution in [0.4, 0.5) is 11.4 Å². The van der Waals surface area contributed by atoms with Gasteiger partial charge in [0.25, 0.3) is 0 Å². The number of hydrogen-bond donors (Lipinski definition) is 2. The number of amides is 1. The maximum absolute atomic E-state index is 11.9. The van der Waals surface area contributed by atoms with E-state index in [1.807, 2.05) is 51.9 Å². The molecule has 19 heavy (non-hydrogen) atoms. The molecule has 0 bridgehead atoms. The number of aryl methyl sites for hydroxylation is 1. The molecule has 1 atom stereocenters.